The van der Waals surface area contributed by atoms with E-state index in [2.05, 4.69) is 10.3 Å². The zero-order chi connectivity index (χ0) is 21.1. The van der Waals surface area contributed by atoms with Crippen molar-refractivity contribution >= 4 is 41.0 Å². The number of nitrogens with one attached hydrogen (secondary N) is 1. The van der Waals surface area contributed by atoms with Gasteiger partial charge in [0.15, 0.2) is 0 Å². The van der Waals surface area contributed by atoms with E-state index in [9.17, 15) is 19.2 Å². The van der Waals surface area contributed by atoms with Gasteiger partial charge in [-0.2, -0.15) is 0 Å². The van der Waals surface area contributed by atoms with Gasteiger partial charge in [0.25, 0.3) is 17.7 Å². The summed E-state index contributed by atoms with van der Waals surface area (Å²) in [6.45, 7) is 3.28. The monoisotopic (exact) mass is 415 g/mol. The van der Waals surface area contributed by atoms with Crippen molar-refractivity contribution in [3.63, 3.8) is 0 Å². The number of rotatable bonds is 6. The molecule has 8 nitrogen and oxygen atoms in total. The lowest BCUT2D eigenvalue weighted by Crippen LogP contribution is -2.32. The van der Waals surface area contributed by atoms with Crippen LogP contribution in [0.25, 0.3) is 0 Å². The highest BCUT2D eigenvalue weighted by molar-refractivity contribution is 6.37. The standard InChI is InChI=1S/C20H18ClN3O5/c1-3-29-13(25)9-10-24-19(27)14-15(20(24)28)17(21)22-11(2)16(14)23-18(26)12-7-5-4-6-8-12/h4-8H,3,9-10H2,1-2H3,(H,23,26). The van der Waals surface area contributed by atoms with Gasteiger partial charge in [0.2, 0.25) is 0 Å². The van der Waals surface area contributed by atoms with Crippen molar-refractivity contribution in [1.29, 1.82) is 0 Å². The summed E-state index contributed by atoms with van der Waals surface area (Å²) in [5.41, 5.74) is 0.684. The Balaban J connectivity index is 1.93. The van der Waals surface area contributed by atoms with Gasteiger partial charge < -0.3 is 10.1 Å². The van der Waals surface area contributed by atoms with Crippen LogP contribution in [-0.2, 0) is 9.53 Å². The van der Waals surface area contributed by atoms with Crippen LogP contribution < -0.4 is 5.32 Å². The maximum Gasteiger partial charge on any atom is 0.307 e. The van der Waals surface area contributed by atoms with Gasteiger partial charge in [-0.15, -0.1) is 0 Å². The number of anilines is 1. The summed E-state index contributed by atoms with van der Waals surface area (Å²) in [7, 11) is 0. The van der Waals surface area contributed by atoms with E-state index >= 15 is 0 Å². The molecule has 2 aromatic rings. The van der Waals surface area contributed by atoms with Crippen LogP contribution in [0.5, 0.6) is 0 Å². The summed E-state index contributed by atoms with van der Waals surface area (Å²) < 4.78 is 4.83. The number of hydrogen-bond donors (Lipinski definition) is 1. The van der Waals surface area contributed by atoms with Gasteiger partial charge in [-0.1, -0.05) is 29.8 Å². The quantitative estimate of drug-likeness (QED) is 0.441. The number of nitrogens with zero attached hydrogens (tertiary/aromatic N) is 2. The Bertz CT molecular complexity index is 1010. The van der Waals surface area contributed by atoms with E-state index in [-0.39, 0.29) is 41.5 Å². The van der Waals surface area contributed by atoms with E-state index in [1.807, 2.05) is 0 Å². The lowest BCUT2D eigenvalue weighted by Gasteiger charge is -2.14. The number of hydrogen-bond acceptors (Lipinski definition) is 6. The minimum absolute atomic E-state index is 0.0272. The number of fused-ring (bicyclic) bond motifs is 1. The van der Waals surface area contributed by atoms with E-state index in [1.165, 1.54) is 0 Å². The molecule has 1 aliphatic heterocycles. The van der Waals surface area contributed by atoms with Crippen LogP contribution in [0.4, 0.5) is 5.69 Å². The molecule has 0 radical (unpaired) electrons. The maximum atomic E-state index is 12.9. The van der Waals surface area contributed by atoms with Gasteiger partial charge in [0.05, 0.1) is 35.5 Å². The second kappa shape index (κ2) is 8.40. The summed E-state index contributed by atoms with van der Waals surface area (Å²) in [4.78, 5) is 54.8. The molecule has 0 fully saturated rings. The molecule has 0 unspecified atom stereocenters. The predicted octanol–water partition coefficient (Wildman–Crippen LogP) is 2.84. The van der Waals surface area contributed by atoms with Crippen molar-refractivity contribution in [2.75, 3.05) is 18.5 Å². The first-order chi connectivity index (χ1) is 13.8. The van der Waals surface area contributed by atoms with Crippen LogP contribution >= 0.6 is 11.6 Å². The molecule has 1 N–H and O–H groups in total. The highest BCUT2D eigenvalue weighted by Gasteiger charge is 2.41. The molecular weight excluding hydrogens is 398 g/mol. The Kier molecular flexibility index (Phi) is 5.93. The lowest BCUT2D eigenvalue weighted by atomic mass is 10.1. The first kappa shape index (κ1) is 20.5. The SMILES string of the molecule is CCOC(=O)CCN1C(=O)c2c(Cl)nc(C)c(NC(=O)c3ccccc3)c2C1=O. The zero-order valence-corrected chi connectivity index (χ0v) is 16.6. The van der Waals surface area contributed by atoms with Gasteiger partial charge in [0, 0.05) is 12.1 Å². The number of benzene rings is 1. The Morgan fingerprint density at radius 1 is 1.14 bits per heavy atom. The molecule has 1 aromatic heterocycles. The van der Waals surface area contributed by atoms with E-state index in [1.54, 1.807) is 44.2 Å². The summed E-state index contributed by atoms with van der Waals surface area (Å²) >= 11 is 6.12. The van der Waals surface area contributed by atoms with Crippen molar-refractivity contribution in [3.8, 4) is 0 Å². The topological polar surface area (TPSA) is 106 Å². The van der Waals surface area contributed by atoms with E-state index < -0.39 is 23.7 Å². The average molecular weight is 416 g/mol. The molecule has 1 aromatic carbocycles. The fourth-order valence-corrected chi connectivity index (χ4v) is 3.31. The molecule has 0 saturated carbocycles. The Morgan fingerprint density at radius 2 is 1.79 bits per heavy atom. The number of aryl methyl sites for hydroxylation is 1. The zero-order valence-electron chi connectivity index (χ0n) is 15.8. The Morgan fingerprint density at radius 3 is 2.45 bits per heavy atom. The minimum atomic E-state index is -0.665. The normalized spacial score (nSPS) is 12.7. The average Bonchev–Trinajstić information content (AvgIpc) is 2.95. The largest absolute Gasteiger partial charge is 0.466 e. The van der Waals surface area contributed by atoms with Crippen LogP contribution in [0, 0.1) is 6.92 Å². The van der Waals surface area contributed by atoms with E-state index in [0.717, 1.165) is 4.90 Å². The maximum absolute atomic E-state index is 12.9. The lowest BCUT2D eigenvalue weighted by molar-refractivity contribution is -0.143. The number of pyridine rings is 1. The Labute approximate surface area is 171 Å². The molecular formula is C20H18ClN3O5. The second-order valence-corrected chi connectivity index (χ2v) is 6.61. The molecule has 3 amide bonds. The van der Waals surface area contributed by atoms with Gasteiger partial charge in [-0.3, -0.25) is 24.1 Å². The minimum Gasteiger partial charge on any atom is -0.466 e. The van der Waals surface area contributed by atoms with E-state index in [0.29, 0.717) is 11.3 Å². The van der Waals surface area contributed by atoms with Gasteiger partial charge in [-0.25, -0.2) is 4.98 Å². The number of imide groups is 1. The van der Waals surface area contributed by atoms with Crippen molar-refractivity contribution < 1.29 is 23.9 Å². The van der Waals surface area contributed by atoms with Crippen molar-refractivity contribution in [2.24, 2.45) is 0 Å². The molecule has 2 heterocycles. The molecule has 1 aliphatic rings. The number of aromatic nitrogens is 1. The molecule has 0 saturated heterocycles. The molecule has 3 rings (SSSR count). The van der Waals surface area contributed by atoms with Gasteiger partial charge in [-0.05, 0) is 26.0 Å². The third-order valence-electron chi connectivity index (χ3n) is 4.37. The first-order valence-electron chi connectivity index (χ1n) is 8.93. The Hall–Kier alpha value is -3.26. The summed E-state index contributed by atoms with van der Waals surface area (Å²) in [6, 6.07) is 8.42. The van der Waals surface area contributed by atoms with Crippen molar-refractivity contribution in [1.82, 2.24) is 9.88 Å². The number of amides is 3. The fraction of sp³-hybridized carbons (Fsp3) is 0.250. The molecule has 0 aliphatic carbocycles. The number of carbonyl (C=O) groups excluding carboxylic acids is 4. The number of esters is 1. The predicted molar refractivity (Wildman–Crippen MR) is 105 cm³/mol. The third-order valence-corrected chi connectivity index (χ3v) is 4.64. The van der Waals surface area contributed by atoms with Gasteiger partial charge in [0.1, 0.15) is 5.15 Å². The molecule has 0 spiro atoms. The highest BCUT2D eigenvalue weighted by atomic mass is 35.5. The van der Waals surface area contributed by atoms with Crippen LogP contribution in [0.1, 0.15) is 50.1 Å². The molecule has 150 valence electrons. The number of ether oxygens (including phenoxy) is 1. The highest BCUT2D eigenvalue weighted by Crippen LogP contribution is 2.35. The second-order valence-electron chi connectivity index (χ2n) is 6.25. The fourth-order valence-electron chi connectivity index (χ4n) is 3.01. The van der Waals surface area contributed by atoms with Crippen LogP contribution in [0.3, 0.4) is 0 Å². The molecule has 0 bridgehead atoms. The summed E-state index contributed by atoms with van der Waals surface area (Å²) in [6.07, 6.45) is -0.144. The van der Waals surface area contributed by atoms with Crippen molar-refractivity contribution in [2.45, 2.75) is 20.3 Å². The molecule has 0 atom stereocenters. The number of halogens is 1. The molecule has 29 heavy (non-hydrogen) atoms. The third kappa shape index (κ3) is 3.97. The van der Waals surface area contributed by atoms with Crippen LogP contribution in [0.15, 0.2) is 30.3 Å². The van der Waals surface area contributed by atoms with Crippen molar-refractivity contribution in [3.05, 3.63) is 57.9 Å². The van der Waals surface area contributed by atoms with Gasteiger partial charge >= 0.3 is 5.97 Å². The summed E-state index contributed by atoms with van der Waals surface area (Å²) in [5, 5.41) is 2.53. The number of carbonyl (C=O) groups is 4. The summed E-state index contributed by atoms with van der Waals surface area (Å²) in [5.74, 6) is -2.29. The first-order valence-corrected chi connectivity index (χ1v) is 9.31. The smallest absolute Gasteiger partial charge is 0.307 e. The van der Waals surface area contributed by atoms with E-state index in [4.69, 9.17) is 16.3 Å². The van der Waals surface area contributed by atoms with Crippen LogP contribution in [0.2, 0.25) is 5.15 Å². The van der Waals surface area contributed by atoms with Crippen LogP contribution in [-0.4, -0.2) is 46.7 Å². The molecule has 9 heteroatoms.